The van der Waals surface area contributed by atoms with E-state index in [0.29, 0.717) is 0 Å². The molecular weight excluding hydrogens is 867 g/mol. The van der Waals surface area contributed by atoms with Crippen molar-refractivity contribution in [2.45, 2.75) is 29.2 Å². The maximum Gasteiger partial charge on any atom is 1.00 e. The van der Waals surface area contributed by atoms with E-state index in [0.717, 1.165) is 5.92 Å². The van der Waals surface area contributed by atoms with E-state index in [1.54, 1.807) is 0 Å². The molecule has 96 valence electrons. The number of rotatable bonds is 0. The van der Waals surface area contributed by atoms with Gasteiger partial charge in [0.2, 0.25) is 0 Å². The molecule has 0 spiro atoms. The van der Waals surface area contributed by atoms with Crippen LogP contribution in [0.4, 0.5) is 0 Å². The van der Waals surface area contributed by atoms with Crippen LogP contribution in [-0.4, -0.2) is 1.05 Å². The fourth-order valence-electron chi connectivity index (χ4n) is 0. The molecule has 0 bridgehead atoms. The van der Waals surface area contributed by atoms with Crippen LogP contribution in [0.5, 0.6) is 0 Å². The van der Waals surface area contributed by atoms with Crippen molar-refractivity contribution >= 4 is 138 Å². The smallest absolute Gasteiger partial charge is 0.813 e. The number of halogens is 7. The number of alkyl halides is 4. The van der Waals surface area contributed by atoms with E-state index in [9.17, 15) is 0 Å². The first-order chi connectivity index (χ1) is 4.73. The topological polar surface area (TPSA) is 0 Å². The molecule has 0 aromatic heterocycles. The fraction of sp³-hybridized carbons (Fsp3) is 1.00. The van der Waals surface area contributed by atoms with Crippen molar-refractivity contribution in [3.8, 4) is 0 Å². The first kappa shape index (κ1) is 49.5. The molecule has 0 rings (SSSR count). The minimum Gasteiger partial charge on any atom is -0.813 e. The van der Waals surface area contributed by atoms with Gasteiger partial charge in [0.1, 0.15) is 0 Å². The quantitative estimate of drug-likeness (QED) is 0.117. The predicted molar refractivity (Wildman–Crippen MR) is 118 cm³/mol. The Morgan fingerprint density at radius 2 is 0.938 bits per heavy atom. The summed E-state index contributed by atoms with van der Waals surface area (Å²) in [6.07, 6.45) is 0. The zero-order valence-electron chi connectivity index (χ0n) is 9.20. The van der Waals surface area contributed by atoms with Crippen LogP contribution in [0.1, 0.15) is 28.2 Å². The molecule has 0 unspecified atom stereocenters. The van der Waals surface area contributed by atoms with Crippen LogP contribution < -0.4 is 80.9 Å². The summed E-state index contributed by atoms with van der Waals surface area (Å²) in [6, 6.07) is 0. The molecule has 0 amide bonds. The van der Waals surface area contributed by atoms with Crippen molar-refractivity contribution in [1.29, 1.82) is 0 Å². The van der Waals surface area contributed by atoms with Gasteiger partial charge in [0.05, 0.1) is 0 Å². The third-order valence-electron chi connectivity index (χ3n) is 0. The van der Waals surface area contributed by atoms with E-state index in [4.69, 9.17) is 0 Å². The summed E-state index contributed by atoms with van der Waals surface area (Å²) in [5.41, 5.74) is 0. The van der Waals surface area contributed by atoms with Crippen LogP contribution >= 0.6 is 125 Å². The molecule has 0 N–H and O–H groups in total. The van der Waals surface area contributed by atoms with Gasteiger partial charge in [0, 0.05) is 37.2 Å². The standard InChI is InChI=1S/C4H10.CBr4.CH4.I2.HI.K.Na.H2S/c1-4(2)3;2-1(3,4)5;;1-2;;;;/h4H,1-3H3;;1H4;;1H;;;1H2/q;;;;;2*+1;/p-1. The fourth-order valence-corrected chi connectivity index (χ4v) is 0. The largest absolute Gasteiger partial charge is 1.00 e. The Morgan fingerprint density at radius 1 is 0.938 bits per heavy atom. The second kappa shape index (κ2) is 38.0. The summed E-state index contributed by atoms with van der Waals surface area (Å²) in [5, 5.41) is 0. The zero-order valence-corrected chi connectivity index (χ0v) is 28.2. The Bertz CT molecular complexity index is 72.5. The Hall–Kier alpha value is 7.10. The molecule has 0 heterocycles. The molecule has 0 aromatic rings. The molecule has 0 fully saturated rings. The van der Waals surface area contributed by atoms with Gasteiger partial charge in [-0.25, -0.2) is 0 Å². The normalized spacial score (nSPS) is 6.38. The Balaban J connectivity index is -0.00000000913. The molecule has 0 aliphatic carbocycles. The van der Waals surface area contributed by atoms with Crippen molar-refractivity contribution in [1.82, 2.24) is 0 Å². The molecule has 0 atom stereocenters. The summed E-state index contributed by atoms with van der Waals surface area (Å²) in [4.78, 5) is 0. The number of hydrogen-bond donors (Lipinski definition) is 0. The molecule has 0 saturated heterocycles. The second-order valence-corrected chi connectivity index (χ2v) is 13.3. The number of hydrogen-bond acceptors (Lipinski definition) is 1. The summed E-state index contributed by atoms with van der Waals surface area (Å²) in [6.45, 7) is 6.50. The van der Waals surface area contributed by atoms with E-state index in [-0.39, 0.29) is 127 Å². The molecule has 0 aromatic carbocycles. The van der Waals surface area contributed by atoms with Gasteiger partial charge in [-0.1, -0.05) is 28.2 Å². The Morgan fingerprint density at radius 3 is 0.938 bits per heavy atom. The summed E-state index contributed by atoms with van der Waals surface area (Å²) in [7, 11) is 0. The summed E-state index contributed by atoms with van der Waals surface area (Å²) in [5.74, 6) is 0.833. The average Bonchev–Trinajstić information content (AvgIpc) is 1.63. The third-order valence-corrected chi connectivity index (χ3v) is 0. The Kier molecular flexibility index (Phi) is 117. The van der Waals surface area contributed by atoms with E-state index in [1.807, 2.05) is 0 Å². The van der Waals surface area contributed by atoms with E-state index in [1.165, 1.54) is 0 Å². The van der Waals surface area contributed by atoms with E-state index >= 15 is 0 Å². The van der Waals surface area contributed by atoms with Gasteiger partial charge in [-0.3, -0.25) is 0 Å². The van der Waals surface area contributed by atoms with Crippen molar-refractivity contribution in [3.05, 3.63) is 0 Å². The van der Waals surface area contributed by atoms with Crippen molar-refractivity contribution < 1.29 is 80.9 Å². The van der Waals surface area contributed by atoms with Gasteiger partial charge in [0.15, 0.2) is 1.05 Å². The van der Waals surface area contributed by atoms with Crippen LogP contribution in [0.15, 0.2) is 0 Å². The minimum atomic E-state index is -0.250. The van der Waals surface area contributed by atoms with Crippen molar-refractivity contribution in [2.75, 3.05) is 0 Å². The molecule has 10 heteroatoms. The minimum absolute atomic E-state index is 0. The van der Waals surface area contributed by atoms with Gasteiger partial charge in [-0.2, -0.15) is 0 Å². The van der Waals surface area contributed by atoms with Gasteiger partial charge >= 0.3 is 80.9 Å². The Labute approximate surface area is 247 Å². The monoisotopic (exact) mass is 878 g/mol. The molecule has 0 aliphatic rings. The maximum absolute atomic E-state index is 3.12. The first-order valence-corrected chi connectivity index (χ1v) is 12.1. The third kappa shape index (κ3) is 169. The van der Waals surface area contributed by atoms with Crippen molar-refractivity contribution in [3.63, 3.8) is 0 Å². The van der Waals surface area contributed by atoms with Crippen LogP contribution in [0.2, 0.25) is 0 Å². The van der Waals surface area contributed by atoms with Gasteiger partial charge in [0.25, 0.3) is 0 Å². The van der Waals surface area contributed by atoms with Crippen LogP contribution in [-0.2, 0) is 13.5 Å². The van der Waals surface area contributed by atoms with E-state index < -0.39 is 0 Å². The van der Waals surface area contributed by atoms with E-state index in [2.05, 4.69) is 122 Å². The van der Waals surface area contributed by atoms with Crippen molar-refractivity contribution in [2.24, 2.45) is 5.92 Å². The van der Waals surface area contributed by atoms with Gasteiger partial charge in [-0.15, -0.1) is 24.0 Å². The maximum atomic E-state index is 3.12. The molecular formula is C6H16Br4I3KNaS+. The van der Waals surface area contributed by atoms with Crippen LogP contribution in [0.3, 0.4) is 0 Å². The summed E-state index contributed by atoms with van der Waals surface area (Å²) < 4.78 is -0.250. The van der Waals surface area contributed by atoms with Gasteiger partial charge in [-0.05, 0) is 69.6 Å². The molecule has 0 nitrogen and oxygen atoms in total. The van der Waals surface area contributed by atoms with Crippen LogP contribution in [0, 0.1) is 5.92 Å². The molecule has 16 heavy (non-hydrogen) atoms. The average molecular weight is 883 g/mol. The summed E-state index contributed by atoms with van der Waals surface area (Å²) >= 11 is 16.7. The number of thiol groups is 1. The molecule has 0 saturated carbocycles. The first-order valence-electron chi connectivity index (χ1n) is 2.63. The van der Waals surface area contributed by atoms with Crippen LogP contribution in [0.25, 0.3) is 0 Å². The van der Waals surface area contributed by atoms with Gasteiger partial charge < -0.3 is 13.5 Å². The molecule has 0 radical (unpaired) electrons. The second-order valence-electron chi connectivity index (χ2n) is 2.16. The zero-order chi connectivity index (χ0) is 10.1. The molecule has 0 aliphatic heterocycles. The predicted octanol–water partition coefficient (Wildman–Crippen LogP) is 1.60. The SMILES string of the molecule is BrC(Br)(Br)Br.C.CC(C)C.I.II.[K+].[Na+].[SH-].